The van der Waals surface area contributed by atoms with Crippen molar-refractivity contribution in [3.05, 3.63) is 0 Å². The summed E-state index contributed by atoms with van der Waals surface area (Å²) in [6.45, 7) is 0.788. The SMILES string of the molecule is O=C(NCCC1CCCC1)OC1CCCCC1. The lowest BCUT2D eigenvalue weighted by molar-refractivity contribution is 0.0751. The van der Waals surface area contributed by atoms with Crippen LogP contribution in [-0.2, 0) is 4.74 Å². The van der Waals surface area contributed by atoms with Crippen molar-refractivity contribution in [1.29, 1.82) is 0 Å². The maximum atomic E-state index is 11.6. The zero-order valence-corrected chi connectivity index (χ0v) is 10.7. The van der Waals surface area contributed by atoms with Gasteiger partial charge in [-0.1, -0.05) is 32.1 Å². The molecule has 0 aliphatic heterocycles. The Balaban J connectivity index is 1.53. The molecule has 3 nitrogen and oxygen atoms in total. The molecule has 98 valence electrons. The number of alkyl carbamates (subject to hydrolysis) is 1. The summed E-state index contributed by atoms with van der Waals surface area (Å²) >= 11 is 0. The largest absolute Gasteiger partial charge is 0.446 e. The molecule has 0 spiro atoms. The van der Waals surface area contributed by atoms with E-state index in [9.17, 15) is 4.79 Å². The molecule has 1 N–H and O–H groups in total. The minimum atomic E-state index is -0.199. The molecule has 0 unspecified atom stereocenters. The van der Waals surface area contributed by atoms with Crippen molar-refractivity contribution < 1.29 is 9.53 Å². The van der Waals surface area contributed by atoms with Gasteiger partial charge in [0, 0.05) is 6.54 Å². The van der Waals surface area contributed by atoms with E-state index in [-0.39, 0.29) is 12.2 Å². The number of rotatable bonds is 4. The molecule has 2 fully saturated rings. The van der Waals surface area contributed by atoms with Crippen molar-refractivity contribution in [2.75, 3.05) is 6.54 Å². The van der Waals surface area contributed by atoms with Crippen molar-refractivity contribution in [1.82, 2.24) is 5.32 Å². The summed E-state index contributed by atoms with van der Waals surface area (Å²) in [6, 6.07) is 0. The highest BCUT2D eigenvalue weighted by Crippen LogP contribution is 2.27. The van der Waals surface area contributed by atoms with Crippen molar-refractivity contribution in [2.45, 2.75) is 70.3 Å². The Morgan fingerprint density at radius 3 is 2.35 bits per heavy atom. The Morgan fingerprint density at radius 2 is 1.65 bits per heavy atom. The smallest absolute Gasteiger partial charge is 0.407 e. The number of carbonyl (C=O) groups is 1. The van der Waals surface area contributed by atoms with Gasteiger partial charge in [-0.3, -0.25) is 0 Å². The van der Waals surface area contributed by atoms with Crippen molar-refractivity contribution in [3.63, 3.8) is 0 Å². The number of ether oxygens (including phenoxy) is 1. The van der Waals surface area contributed by atoms with Gasteiger partial charge in [-0.15, -0.1) is 0 Å². The summed E-state index contributed by atoms with van der Waals surface area (Å²) in [7, 11) is 0. The normalized spacial score (nSPS) is 22.6. The maximum Gasteiger partial charge on any atom is 0.407 e. The van der Waals surface area contributed by atoms with Gasteiger partial charge in [0.25, 0.3) is 0 Å². The van der Waals surface area contributed by atoms with E-state index in [4.69, 9.17) is 4.74 Å². The summed E-state index contributed by atoms with van der Waals surface area (Å²) in [5.74, 6) is 0.838. The van der Waals surface area contributed by atoms with E-state index in [2.05, 4.69) is 5.32 Å². The molecule has 1 amide bonds. The van der Waals surface area contributed by atoms with Gasteiger partial charge < -0.3 is 10.1 Å². The summed E-state index contributed by atoms with van der Waals surface area (Å²) in [5.41, 5.74) is 0. The summed E-state index contributed by atoms with van der Waals surface area (Å²) < 4.78 is 5.41. The summed E-state index contributed by atoms with van der Waals surface area (Å²) in [5, 5.41) is 2.90. The van der Waals surface area contributed by atoms with Crippen LogP contribution < -0.4 is 5.32 Å². The second kappa shape index (κ2) is 6.87. The third-order valence-corrected chi connectivity index (χ3v) is 4.12. The van der Waals surface area contributed by atoms with Crippen LogP contribution in [0.3, 0.4) is 0 Å². The molecule has 0 aromatic rings. The zero-order chi connectivity index (χ0) is 11.9. The van der Waals surface area contributed by atoms with Crippen LogP contribution >= 0.6 is 0 Å². The maximum absolute atomic E-state index is 11.6. The van der Waals surface area contributed by atoms with E-state index in [0.29, 0.717) is 0 Å². The average molecular weight is 239 g/mol. The fraction of sp³-hybridized carbons (Fsp3) is 0.929. The minimum Gasteiger partial charge on any atom is -0.446 e. The van der Waals surface area contributed by atoms with Crippen molar-refractivity contribution in [3.8, 4) is 0 Å². The Hall–Kier alpha value is -0.730. The predicted octanol–water partition coefficient (Wildman–Crippen LogP) is 3.63. The molecule has 17 heavy (non-hydrogen) atoms. The fourth-order valence-electron chi connectivity index (χ4n) is 3.05. The van der Waals surface area contributed by atoms with Gasteiger partial charge >= 0.3 is 6.09 Å². The van der Waals surface area contributed by atoms with Gasteiger partial charge in [0.15, 0.2) is 0 Å². The van der Waals surface area contributed by atoms with Gasteiger partial charge in [0.05, 0.1) is 0 Å². The molecule has 2 rings (SSSR count). The van der Waals surface area contributed by atoms with Crippen molar-refractivity contribution >= 4 is 6.09 Å². The molecule has 0 atom stereocenters. The number of carbonyl (C=O) groups excluding carboxylic acids is 1. The first-order valence-corrected chi connectivity index (χ1v) is 7.29. The van der Waals surface area contributed by atoms with E-state index in [1.165, 1.54) is 44.9 Å². The van der Waals surface area contributed by atoms with Crippen molar-refractivity contribution in [2.24, 2.45) is 5.92 Å². The number of amides is 1. The highest BCUT2D eigenvalue weighted by Gasteiger charge is 2.18. The Labute approximate surface area is 104 Å². The third kappa shape index (κ3) is 4.57. The van der Waals surface area contributed by atoms with Gasteiger partial charge in [-0.2, -0.15) is 0 Å². The van der Waals surface area contributed by atoms with Gasteiger partial charge in [-0.25, -0.2) is 4.79 Å². The third-order valence-electron chi connectivity index (χ3n) is 4.12. The topological polar surface area (TPSA) is 38.3 Å². The Morgan fingerprint density at radius 1 is 1.00 bits per heavy atom. The molecule has 2 aliphatic carbocycles. The van der Waals surface area contributed by atoms with Crippen LogP contribution in [0.5, 0.6) is 0 Å². The molecule has 0 heterocycles. The number of hydrogen-bond donors (Lipinski definition) is 1. The van der Waals surface area contributed by atoms with Crippen LogP contribution in [0.2, 0.25) is 0 Å². The lowest BCUT2D eigenvalue weighted by Crippen LogP contribution is -2.31. The minimum absolute atomic E-state index is 0.176. The molecule has 2 saturated carbocycles. The van der Waals surface area contributed by atoms with Crippen LogP contribution in [0.25, 0.3) is 0 Å². The fourth-order valence-corrected chi connectivity index (χ4v) is 3.05. The van der Waals surface area contributed by atoms with Crippen LogP contribution in [-0.4, -0.2) is 18.7 Å². The average Bonchev–Trinajstić information content (AvgIpc) is 2.83. The molecular weight excluding hydrogens is 214 g/mol. The highest BCUT2D eigenvalue weighted by atomic mass is 16.6. The molecule has 0 aromatic heterocycles. The predicted molar refractivity (Wildman–Crippen MR) is 67.9 cm³/mol. The first-order chi connectivity index (χ1) is 8.34. The molecule has 0 bridgehead atoms. The first-order valence-electron chi connectivity index (χ1n) is 7.29. The molecule has 2 aliphatic rings. The van der Waals surface area contributed by atoms with E-state index in [1.54, 1.807) is 0 Å². The molecular formula is C14H25NO2. The van der Waals surface area contributed by atoms with E-state index >= 15 is 0 Å². The number of nitrogens with one attached hydrogen (secondary N) is 1. The quantitative estimate of drug-likeness (QED) is 0.813. The highest BCUT2D eigenvalue weighted by molar-refractivity contribution is 5.67. The van der Waals surface area contributed by atoms with E-state index in [1.807, 2.05) is 0 Å². The van der Waals surface area contributed by atoms with Crippen LogP contribution in [0.15, 0.2) is 0 Å². The Bertz CT molecular complexity index is 230. The first kappa shape index (κ1) is 12.7. The van der Waals surface area contributed by atoms with Crippen LogP contribution in [0, 0.1) is 5.92 Å². The summed E-state index contributed by atoms with van der Waals surface area (Å²) in [6.07, 6.45) is 12.4. The molecule has 0 aromatic carbocycles. The summed E-state index contributed by atoms with van der Waals surface area (Å²) in [4.78, 5) is 11.6. The van der Waals surface area contributed by atoms with Gasteiger partial charge in [0.2, 0.25) is 0 Å². The van der Waals surface area contributed by atoms with Gasteiger partial charge in [0.1, 0.15) is 6.10 Å². The molecule has 0 saturated heterocycles. The van der Waals surface area contributed by atoms with Gasteiger partial charge in [-0.05, 0) is 38.0 Å². The lowest BCUT2D eigenvalue weighted by atomic mass is 9.98. The zero-order valence-electron chi connectivity index (χ0n) is 10.7. The van der Waals surface area contributed by atoms with Crippen LogP contribution in [0.4, 0.5) is 4.79 Å². The van der Waals surface area contributed by atoms with E-state index in [0.717, 1.165) is 31.7 Å². The molecule has 3 heteroatoms. The molecule has 0 radical (unpaired) electrons. The number of hydrogen-bond acceptors (Lipinski definition) is 2. The standard InChI is InChI=1S/C14H25NO2/c16-14(17-13-8-2-1-3-9-13)15-11-10-12-6-4-5-7-12/h12-13H,1-11H2,(H,15,16). The van der Waals surface area contributed by atoms with Crippen LogP contribution in [0.1, 0.15) is 64.2 Å². The Kier molecular flexibility index (Phi) is 5.14. The van der Waals surface area contributed by atoms with E-state index < -0.39 is 0 Å². The lowest BCUT2D eigenvalue weighted by Gasteiger charge is -2.22. The second-order valence-electron chi connectivity index (χ2n) is 5.53. The monoisotopic (exact) mass is 239 g/mol. The second-order valence-corrected chi connectivity index (χ2v) is 5.53.